The summed E-state index contributed by atoms with van der Waals surface area (Å²) >= 11 is 10.2. The van der Waals surface area contributed by atoms with Gasteiger partial charge in [0.1, 0.15) is 0 Å². The van der Waals surface area contributed by atoms with Crippen LogP contribution in [0.4, 0.5) is 0 Å². The third-order valence-electron chi connectivity index (χ3n) is 4.37. The van der Waals surface area contributed by atoms with E-state index in [1.807, 2.05) is 0 Å². The van der Waals surface area contributed by atoms with E-state index in [2.05, 4.69) is 54.0 Å². The molecule has 0 bridgehead atoms. The summed E-state index contributed by atoms with van der Waals surface area (Å²) in [4.78, 5) is 0. The molecule has 1 fully saturated rings. The summed E-state index contributed by atoms with van der Waals surface area (Å²) in [5, 5.41) is 0.265. The smallest absolute Gasteiger partial charge is 0.0409 e. The molecule has 0 aliphatic heterocycles. The molecular formula is C16H22BrCl. The Kier molecular flexibility index (Phi) is 4.77. The highest BCUT2D eigenvalue weighted by Gasteiger charge is 2.36. The lowest BCUT2D eigenvalue weighted by molar-refractivity contribution is 0.133. The maximum absolute atomic E-state index is 6.71. The predicted molar refractivity (Wildman–Crippen MR) is 83.2 cm³/mol. The maximum Gasteiger partial charge on any atom is 0.0409 e. The number of halogens is 2. The molecule has 2 atom stereocenters. The van der Waals surface area contributed by atoms with E-state index in [1.54, 1.807) is 0 Å². The summed E-state index contributed by atoms with van der Waals surface area (Å²) in [6.07, 6.45) is 6.31. The van der Waals surface area contributed by atoms with Crippen LogP contribution in [0.25, 0.3) is 0 Å². The second kappa shape index (κ2) is 5.96. The third kappa shape index (κ3) is 3.51. The van der Waals surface area contributed by atoms with Gasteiger partial charge < -0.3 is 0 Å². The van der Waals surface area contributed by atoms with Gasteiger partial charge in [-0.3, -0.25) is 0 Å². The van der Waals surface area contributed by atoms with E-state index < -0.39 is 0 Å². The van der Waals surface area contributed by atoms with Crippen LogP contribution in [0.5, 0.6) is 0 Å². The van der Waals surface area contributed by atoms with Crippen molar-refractivity contribution < 1.29 is 0 Å². The minimum atomic E-state index is 0.265. The molecule has 0 spiro atoms. The van der Waals surface area contributed by atoms with Crippen molar-refractivity contribution >= 4 is 27.5 Å². The van der Waals surface area contributed by atoms with Crippen LogP contribution >= 0.6 is 27.5 Å². The Balaban J connectivity index is 2.02. The minimum absolute atomic E-state index is 0.265. The third-order valence-corrected chi connectivity index (χ3v) is 5.36. The summed E-state index contributed by atoms with van der Waals surface area (Å²) in [5.74, 6) is 0.650. The van der Waals surface area contributed by atoms with Crippen LogP contribution in [0.3, 0.4) is 0 Å². The first-order chi connectivity index (χ1) is 8.49. The Morgan fingerprint density at radius 1 is 1.28 bits per heavy atom. The first-order valence-electron chi connectivity index (χ1n) is 6.87. The normalized spacial score (nSPS) is 24.8. The zero-order valence-electron chi connectivity index (χ0n) is 11.3. The van der Waals surface area contributed by atoms with E-state index in [0.29, 0.717) is 11.3 Å². The number of rotatable bonds is 3. The van der Waals surface area contributed by atoms with E-state index in [4.69, 9.17) is 11.6 Å². The molecule has 1 aliphatic carbocycles. The van der Waals surface area contributed by atoms with Gasteiger partial charge in [-0.25, -0.2) is 0 Å². The number of benzene rings is 1. The highest BCUT2D eigenvalue weighted by atomic mass is 79.9. The van der Waals surface area contributed by atoms with E-state index >= 15 is 0 Å². The molecule has 2 rings (SSSR count). The number of alkyl halides is 1. The molecular weight excluding hydrogens is 308 g/mol. The van der Waals surface area contributed by atoms with E-state index in [0.717, 1.165) is 10.9 Å². The van der Waals surface area contributed by atoms with Crippen molar-refractivity contribution in [3.8, 4) is 0 Å². The first-order valence-corrected chi connectivity index (χ1v) is 8.10. The van der Waals surface area contributed by atoms with Crippen LogP contribution in [-0.2, 0) is 6.42 Å². The zero-order valence-corrected chi connectivity index (χ0v) is 13.6. The van der Waals surface area contributed by atoms with Gasteiger partial charge in [0.05, 0.1) is 0 Å². The Morgan fingerprint density at radius 3 is 2.56 bits per heavy atom. The predicted octanol–water partition coefficient (Wildman–Crippen LogP) is 5.82. The standard InChI is InChI=1S/C16H22BrCl/c1-16(2)10-4-3-5-14(16)15(18)11-12-6-8-13(17)9-7-12/h6-9,14-15H,3-5,10-11H2,1-2H3. The Labute approximate surface area is 124 Å². The molecule has 1 saturated carbocycles. The van der Waals surface area contributed by atoms with Crippen molar-refractivity contribution in [3.63, 3.8) is 0 Å². The summed E-state index contributed by atoms with van der Waals surface area (Å²) in [5.41, 5.74) is 1.75. The molecule has 18 heavy (non-hydrogen) atoms. The summed E-state index contributed by atoms with van der Waals surface area (Å²) in [7, 11) is 0. The van der Waals surface area contributed by atoms with Crippen LogP contribution in [0.15, 0.2) is 28.7 Å². The van der Waals surface area contributed by atoms with E-state index in [1.165, 1.54) is 31.2 Å². The van der Waals surface area contributed by atoms with Gasteiger partial charge in [0.15, 0.2) is 0 Å². The van der Waals surface area contributed by atoms with Crippen molar-refractivity contribution in [2.24, 2.45) is 11.3 Å². The lowest BCUT2D eigenvalue weighted by atomic mass is 9.67. The Bertz CT molecular complexity index is 383. The van der Waals surface area contributed by atoms with Crippen LogP contribution in [0.1, 0.15) is 45.1 Å². The molecule has 0 radical (unpaired) electrons. The van der Waals surface area contributed by atoms with Gasteiger partial charge in [-0.1, -0.05) is 54.8 Å². The average molecular weight is 330 g/mol. The molecule has 0 saturated heterocycles. The van der Waals surface area contributed by atoms with Crippen molar-refractivity contribution in [3.05, 3.63) is 34.3 Å². The second-order valence-corrected chi connectivity index (χ2v) is 7.66. The van der Waals surface area contributed by atoms with Crippen molar-refractivity contribution in [2.75, 3.05) is 0 Å². The van der Waals surface area contributed by atoms with Crippen molar-refractivity contribution in [2.45, 2.75) is 51.3 Å². The molecule has 2 heteroatoms. The highest BCUT2D eigenvalue weighted by Crippen LogP contribution is 2.44. The molecule has 2 unspecified atom stereocenters. The van der Waals surface area contributed by atoms with Gasteiger partial charge in [0.25, 0.3) is 0 Å². The molecule has 1 aromatic carbocycles. The topological polar surface area (TPSA) is 0 Å². The van der Waals surface area contributed by atoms with Gasteiger partial charge in [-0.05, 0) is 48.3 Å². The molecule has 0 N–H and O–H groups in total. The maximum atomic E-state index is 6.71. The summed E-state index contributed by atoms with van der Waals surface area (Å²) < 4.78 is 1.13. The van der Waals surface area contributed by atoms with Crippen LogP contribution in [0.2, 0.25) is 0 Å². The molecule has 0 nitrogen and oxygen atoms in total. The average Bonchev–Trinajstić information content (AvgIpc) is 2.31. The van der Waals surface area contributed by atoms with Gasteiger partial charge in [-0.15, -0.1) is 11.6 Å². The van der Waals surface area contributed by atoms with Gasteiger partial charge in [0.2, 0.25) is 0 Å². The lowest BCUT2D eigenvalue weighted by Gasteiger charge is -2.41. The van der Waals surface area contributed by atoms with Crippen LogP contribution < -0.4 is 0 Å². The largest absolute Gasteiger partial charge is 0.122 e. The van der Waals surface area contributed by atoms with Gasteiger partial charge >= 0.3 is 0 Å². The van der Waals surface area contributed by atoms with Crippen LogP contribution in [-0.4, -0.2) is 5.38 Å². The number of hydrogen-bond acceptors (Lipinski definition) is 0. The Hall–Kier alpha value is -0.0100. The second-order valence-electron chi connectivity index (χ2n) is 6.19. The Morgan fingerprint density at radius 2 is 1.94 bits per heavy atom. The van der Waals surface area contributed by atoms with Gasteiger partial charge in [-0.2, -0.15) is 0 Å². The molecule has 0 aromatic heterocycles. The van der Waals surface area contributed by atoms with E-state index in [9.17, 15) is 0 Å². The zero-order chi connectivity index (χ0) is 13.2. The lowest BCUT2D eigenvalue weighted by Crippen LogP contribution is -2.35. The summed E-state index contributed by atoms with van der Waals surface area (Å²) in [6.45, 7) is 4.77. The quantitative estimate of drug-likeness (QED) is 0.613. The van der Waals surface area contributed by atoms with E-state index in [-0.39, 0.29) is 5.38 Å². The number of hydrogen-bond donors (Lipinski definition) is 0. The monoisotopic (exact) mass is 328 g/mol. The van der Waals surface area contributed by atoms with Crippen molar-refractivity contribution in [1.82, 2.24) is 0 Å². The summed E-state index contributed by atoms with van der Waals surface area (Å²) in [6, 6.07) is 8.56. The molecule has 0 amide bonds. The fourth-order valence-corrected chi connectivity index (χ4v) is 4.09. The first kappa shape index (κ1) is 14.4. The fourth-order valence-electron chi connectivity index (χ4n) is 3.18. The molecule has 1 aromatic rings. The fraction of sp³-hybridized carbons (Fsp3) is 0.625. The van der Waals surface area contributed by atoms with Gasteiger partial charge in [0, 0.05) is 9.85 Å². The SMILES string of the molecule is CC1(C)CCCCC1C(Cl)Cc1ccc(Br)cc1. The molecule has 1 aliphatic rings. The molecule has 100 valence electrons. The minimum Gasteiger partial charge on any atom is -0.122 e. The van der Waals surface area contributed by atoms with Crippen molar-refractivity contribution in [1.29, 1.82) is 0 Å². The highest BCUT2D eigenvalue weighted by molar-refractivity contribution is 9.10. The van der Waals surface area contributed by atoms with Crippen LogP contribution in [0, 0.1) is 11.3 Å². The molecule has 0 heterocycles.